The van der Waals surface area contributed by atoms with Crippen molar-refractivity contribution >= 4 is 17.7 Å². The first kappa shape index (κ1) is 33.1. The number of carbonyl (C=O) groups excluding carboxylic acids is 2. The second-order valence-electron chi connectivity index (χ2n) is 11.1. The molecular formula is C34H43N3O7. The van der Waals surface area contributed by atoms with Crippen molar-refractivity contribution < 1.29 is 34.0 Å². The number of esters is 1. The Balaban J connectivity index is 1.53. The van der Waals surface area contributed by atoms with Gasteiger partial charge in [0.2, 0.25) is 0 Å². The van der Waals surface area contributed by atoms with Gasteiger partial charge in [0.25, 0.3) is 0 Å². The lowest BCUT2D eigenvalue weighted by molar-refractivity contribution is -0.276. The number of amides is 2. The van der Waals surface area contributed by atoms with Gasteiger partial charge in [0.15, 0.2) is 6.29 Å². The van der Waals surface area contributed by atoms with Crippen molar-refractivity contribution in [3.8, 4) is 0 Å². The van der Waals surface area contributed by atoms with Crippen LogP contribution in [0.4, 0.5) is 10.5 Å². The van der Waals surface area contributed by atoms with Crippen LogP contribution in [0.25, 0.3) is 0 Å². The Morgan fingerprint density at radius 2 is 1.73 bits per heavy atom. The number of rotatable bonds is 12. The molecule has 0 aromatic heterocycles. The largest absolute Gasteiger partial charge is 0.465 e. The molecule has 0 radical (unpaired) electrons. The molecule has 4 N–H and O–H groups in total. The van der Waals surface area contributed by atoms with Crippen LogP contribution in [0.2, 0.25) is 0 Å². The van der Waals surface area contributed by atoms with Crippen molar-refractivity contribution in [1.29, 1.82) is 0 Å². The topological polar surface area (TPSA) is 130 Å². The normalized spacial score (nSPS) is 21.3. The van der Waals surface area contributed by atoms with Gasteiger partial charge in [-0.25, -0.2) is 4.79 Å². The van der Waals surface area contributed by atoms with E-state index in [0.717, 1.165) is 16.7 Å². The van der Waals surface area contributed by atoms with E-state index in [1.165, 1.54) is 0 Å². The minimum atomic E-state index is -0.745. The van der Waals surface area contributed by atoms with E-state index in [2.05, 4.69) is 22.5 Å². The second-order valence-corrected chi connectivity index (χ2v) is 11.1. The fraction of sp³-hybridized carbons (Fsp3) is 0.412. The molecule has 0 bridgehead atoms. The molecule has 0 aliphatic carbocycles. The third-order valence-electron chi connectivity index (χ3n) is 8.00. The monoisotopic (exact) mass is 605 g/mol. The highest BCUT2D eigenvalue weighted by Gasteiger charge is 2.39. The van der Waals surface area contributed by atoms with Crippen LogP contribution in [0.3, 0.4) is 0 Å². The lowest BCUT2D eigenvalue weighted by atomic mass is 9.89. The number of ether oxygens (including phenoxy) is 3. The first-order chi connectivity index (χ1) is 21.2. The van der Waals surface area contributed by atoms with Crippen molar-refractivity contribution in [3.63, 3.8) is 0 Å². The molecule has 44 heavy (non-hydrogen) atoms. The Kier molecular flexibility index (Phi) is 11.9. The summed E-state index contributed by atoms with van der Waals surface area (Å²) in [7, 11) is 1.97. The molecule has 1 fully saturated rings. The van der Waals surface area contributed by atoms with Crippen LogP contribution in [0.1, 0.15) is 61.5 Å². The highest BCUT2D eigenvalue weighted by molar-refractivity contribution is 5.91. The molecule has 0 saturated carbocycles. The van der Waals surface area contributed by atoms with E-state index in [1.807, 2.05) is 74.6 Å². The van der Waals surface area contributed by atoms with Crippen molar-refractivity contribution in [2.75, 3.05) is 32.1 Å². The molecule has 2 amide bonds. The minimum Gasteiger partial charge on any atom is -0.465 e. The van der Waals surface area contributed by atoms with Crippen LogP contribution in [-0.2, 0) is 25.6 Å². The van der Waals surface area contributed by atoms with E-state index in [9.17, 15) is 19.8 Å². The van der Waals surface area contributed by atoms with Crippen molar-refractivity contribution in [1.82, 2.24) is 10.2 Å². The third-order valence-corrected chi connectivity index (χ3v) is 8.00. The van der Waals surface area contributed by atoms with Gasteiger partial charge < -0.3 is 35.1 Å². The molecule has 1 saturated heterocycles. The Bertz CT molecular complexity index is 1350. The molecule has 10 nitrogen and oxygen atoms in total. The molecule has 1 aliphatic heterocycles. The van der Waals surface area contributed by atoms with Gasteiger partial charge in [0, 0.05) is 29.8 Å². The maximum Gasteiger partial charge on any atom is 0.325 e. The number of aliphatic hydroxyl groups excluding tert-OH is 2. The third kappa shape index (κ3) is 8.64. The zero-order valence-corrected chi connectivity index (χ0v) is 25.7. The summed E-state index contributed by atoms with van der Waals surface area (Å²) >= 11 is 0. The fourth-order valence-corrected chi connectivity index (χ4v) is 5.25. The molecular weight excluding hydrogens is 562 g/mol. The highest BCUT2D eigenvalue weighted by Crippen LogP contribution is 2.42. The number of aliphatic hydroxyl groups is 2. The number of nitrogens with zero attached hydrogens (tertiary/aromatic N) is 1. The molecule has 6 atom stereocenters. The lowest BCUT2D eigenvalue weighted by Crippen LogP contribution is -2.46. The van der Waals surface area contributed by atoms with Crippen LogP contribution in [0.15, 0.2) is 78.9 Å². The molecule has 3 aromatic rings. The summed E-state index contributed by atoms with van der Waals surface area (Å²) in [6.07, 6.45) is -2.01. The summed E-state index contributed by atoms with van der Waals surface area (Å²) in [6, 6.07) is 23.7. The SMILES string of the molecule is CCOC(=O)CNC(=O)Nc1cccc([C@@H]2O[C@H](CN(C)[C@@H](C)[C@H](O)c3ccccc3)[C@H](C)[C@H](c3ccc(CO)cc3)O2)c1. The van der Waals surface area contributed by atoms with Gasteiger partial charge in [-0.05, 0) is 49.7 Å². The average Bonchev–Trinajstić information content (AvgIpc) is 3.04. The maximum atomic E-state index is 12.4. The van der Waals surface area contributed by atoms with E-state index in [4.69, 9.17) is 14.2 Å². The number of urea groups is 1. The molecule has 3 aromatic carbocycles. The zero-order valence-electron chi connectivity index (χ0n) is 25.7. The van der Waals surface area contributed by atoms with Gasteiger partial charge in [0.05, 0.1) is 31.5 Å². The highest BCUT2D eigenvalue weighted by atomic mass is 16.7. The summed E-state index contributed by atoms with van der Waals surface area (Å²) in [5, 5.41) is 25.8. The van der Waals surface area contributed by atoms with E-state index < -0.39 is 24.4 Å². The van der Waals surface area contributed by atoms with Crippen molar-refractivity contribution in [2.24, 2.45) is 5.92 Å². The van der Waals surface area contributed by atoms with Gasteiger partial charge in [-0.1, -0.05) is 73.7 Å². The summed E-state index contributed by atoms with van der Waals surface area (Å²) in [6.45, 7) is 6.26. The van der Waals surface area contributed by atoms with Crippen LogP contribution in [0, 0.1) is 5.92 Å². The maximum absolute atomic E-state index is 12.4. The zero-order chi connectivity index (χ0) is 31.6. The van der Waals surface area contributed by atoms with E-state index >= 15 is 0 Å². The van der Waals surface area contributed by atoms with Gasteiger partial charge in [-0.3, -0.25) is 9.69 Å². The Hall–Kier alpha value is -3.80. The van der Waals surface area contributed by atoms with Crippen LogP contribution >= 0.6 is 0 Å². The standard InChI is InChI=1S/C34H43N3O7/c1-5-42-30(39)19-35-34(41)36-28-13-9-12-27(18-28)33-43-29(20-37(4)23(3)31(40)25-10-7-6-8-11-25)22(2)32(44-33)26-16-14-24(21-38)15-17-26/h6-18,22-23,29,31-33,38,40H,5,19-21H2,1-4H3,(H2,35,36,41)/t22-,23-,29+,31-,32+,33+/m0/s1. The molecule has 1 aliphatic rings. The van der Waals surface area contributed by atoms with Gasteiger partial charge in [-0.2, -0.15) is 0 Å². The van der Waals surface area contributed by atoms with Gasteiger partial charge in [-0.15, -0.1) is 0 Å². The Labute approximate surface area is 258 Å². The number of carbonyl (C=O) groups is 2. The average molecular weight is 606 g/mol. The van der Waals surface area contributed by atoms with Crippen LogP contribution in [-0.4, -0.2) is 66.0 Å². The Morgan fingerprint density at radius 3 is 2.41 bits per heavy atom. The molecule has 1 heterocycles. The predicted molar refractivity (Wildman–Crippen MR) is 167 cm³/mol. The summed E-state index contributed by atoms with van der Waals surface area (Å²) < 4.78 is 18.0. The van der Waals surface area contributed by atoms with E-state index in [1.54, 1.807) is 25.1 Å². The van der Waals surface area contributed by atoms with Gasteiger partial charge >= 0.3 is 12.0 Å². The van der Waals surface area contributed by atoms with Crippen molar-refractivity contribution in [2.45, 2.75) is 58.0 Å². The molecule has 10 heteroatoms. The number of likely N-dealkylation sites (N-methyl/N-ethyl adjacent to an activating group) is 1. The number of anilines is 1. The molecule has 236 valence electrons. The van der Waals surface area contributed by atoms with E-state index in [0.29, 0.717) is 17.8 Å². The second kappa shape index (κ2) is 15.8. The minimum absolute atomic E-state index is 0.0463. The summed E-state index contributed by atoms with van der Waals surface area (Å²) in [4.78, 5) is 26.1. The lowest BCUT2D eigenvalue weighted by Gasteiger charge is -2.43. The first-order valence-electron chi connectivity index (χ1n) is 14.9. The van der Waals surface area contributed by atoms with Gasteiger partial charge in [0.1, 0.15) is 6.54 Å². The fourth-order valence-electron chi connectivity index (χ4n) is 5.25. The first-order valence-corrected chi connectivity index (χ1v) is 14.9. The Morgan fingerprint density at radius 1 is 1.00 bits per heavy atom. The smallest absolute Gasteiger partial charge is 0.325 e. The molecule has 0 unspecified atom stereocenters. The summed E-state index contributed by atoms with van der Waals surface area (Å²) in [5.74, 6) is -0.570. The predicted octanol–water partition coefficient (Wildman–Crippen LogP) is 4.71. The number of benzene rings is 3. The van der Waals surface area contributed by atoms with E-state index in [-0.39, 0.29) is 43.9 Å². The number of hydrogen-bond donors (Lipinski definition) is 4. The number of hydrogen-bond acceptors (Lipinski definition) is 8. The molecule has 4 rings (SSSR count). The van der Waals surface area contributed by atoms with Crippen molar-refractivity contribution in [3.05, 3.63) is 101 Å². The van der Waals surface area contributed by atoms with Crippen LogP contribution < -0.4 is 10.6 Å². The quantitative estimate of drug-likeness (QED) is 0.219. The number of nitrogens with one attached hydrogen (secondary N) is 2. The molecule has 0 spiro atoms. The van der Waals surface area contributed by atoms with Crippen LogP contribution in [0.5, 0.6) is 0 Å². The summed E-state index contributed by atoms with van der Waals surface area (Å²) in [5.41, 5.74) is 3.84.